The Balaban J connectivity index is 2.17. The van der Waals surface area contributed by atoms with E-state index in [1.54, 1.807) is 18.4 Å². The van der Waals surface area contributed by atoms with Gasteiger partial charge in [-0.2, -0.15) is 0 Å². The first kappa shape index (κ1) is 15.7. The van der Waals surface area contributed by atoms with Crippen molar-refractivity contribution in [2.45, 2.75) is 12.6 Å². The van der Waals surface area contributed by atoms with Crippen LogP contribution in [0.2, 0.25) is 0 Å². The van der Waals surface area contributed by atoms with E-state index in [-0.39, 0.29) is 24.0 Å². The van der Waals surface area contributed by atoms with Gasteiger partial charge < -0.3 is 15.4 Å². The second kappa shape index (κ2) is 8.68. The minimum Gasteiger partial charge on any atom is -0.462 e. The van der Waals surface area contributed by atoms with Gasteiger partial charge in [0.1, 0.15) is 6.17 Å². The van der Waals surface area contributed by atoms with Gasteiger partial charge >= 0.3 is 5.97 Å². The number of esters is 1. The van der Waals surface area contributed by atoms with Crippen LogP contribution in [0.1, 0.15) is 6.42 Å². The van der Waals surface area contributed by atoms with Gasteiger partial charge in [0.15, 0.2) is 0 Å². The van der Waals surface area contributed by atoms with Crippen LogP contribution in [0.3, 0.4) is 0 Å². The van der Waals surface area contributed by atoms with Gasteiger partial charge in [0.25, 0.3) is 0 Å². The number of nitrogens with two attached hydrogens (primary N) is 1. The number of halogens is 1. The Kier molecular flexibility index (Phi) is 7.16. The molecule has 7 nitrogen and oxygen atoms in total. The number of amides is 1. The number of hydrazine groups is 1. The highest BCUT2D eigenvalue weighted by atomic mass is 79.9. The summed E-state index contributed by atoms with van der Waals surface area (Å²) >= 11 is 3.04. The van der Waals surface area contributed by atoms with Crippen LogP contribution in [-0.4, -0.2) is 36.5 Å². The third-order valence-corrected chi connectivity index (χ3v) is 2.81. The highest BCUT2D eigenvalue weighted by Crippen LogP contribution is 2.05. The molecule has 0 spiro atoms. The molecule has 106 valence electrons. The zero-order valence-electron chi connectivity index (χ0n) is 10.3. The Labute approximate surface area is 119 Å². The third-order valence-electron chi connectivity index (χ3n) is 2.30. The molecular formula is C11H17BrN4O3. The predicted octanol–water partition coefficient (Wildman–Crippen LogP) is -0.736. The summed E-state index contributed by atoms with van der Waals surface area (Å²) in [5.41, 5.74) is 2.93. The number of hydrogen-bond acceptors (Lipinski definition) is 6. The van der Waals surface area contributed by atoms with Gasteiger partial charge in [-0.1, -0.05) is 15.9 Å². The standard InChI is InChI=1S/C11H17BrN4O3/c12-6-10(17)14-4-1-5-19-11(18)8-2-3-9(16-13)15-7-8/h2-3,7,9,15-16H,1,4-6,13H2,(H,14,17). The van der Waals surface area contributed by atoms with E-state index < -0.39 is 5.97 Å². The molecule has 1 aliphatic rings. The van der Waals surface area contributed by atoms with Crippen LogP contribution in [0, 0.1) is 0 Å². The monoisotopic (exact) mass is 332 g/mol. The fraction of sp³-hybridized carbons (Fsp3) is 0.455. The quantitative estimate of drug-likeness (QED) is 0.161. The number of carbonyl (C=O) groups is 2. The predicted molar refractivity (Wildman–Crippen MR) is 73.8 cm³/mol. The van der Waals surface area contributed by atoms with E-state index in [0.29, 0.717) is 18.5 Å². The van der Waals surface area contributed by atoms with E-state index in [1.165, 1.54) is 0 Å². The van der Waals surface area contributed by atoms with E-state index in [2.05, 4.69) is 32.0 Å². The lowest BCUT2D eigenvalue weighted by molar-refractivity contribution is -0.138. The molecule has 1 atom stereocenters. The van der Waals surface area contributed by atoms with Gasteiger partial charge in [0.2, 0.25) is 5.91 Å². The highest BCUT2D eigenvalue weighted by Gasteiger charge is 2.12. The molecule has 1 unspecified atom stereocenters. The van der Waals surface area contributed by atoms with Crippen molar-refractivity contribution >= 4 is 27.8 Å². The van der Waals surface area contributed by atoms with Crippen molar-refractivity contribution in [2.24, 2.45) is 5.84 Å². The maximum Gasteiger partial charge on any atom is 0.339 e. The van der Waals surface area contributed by atoms with Crippen molar-refractivity contribution < 1.29 is 14.3 Å². The van der Waals surface area contributed by atoms with Gasteiger partial charge in [-0.05, 0) is 18.6 Å². The molecule has 8 heteroatoms. The molecule has 0 aromatic carbocycles. The Morgan fingerprint density at radius 1 is 1.53 bits per heavy atom. The number of alkyl halides is 1. The molecule has 1 amide bonds. The maximum atomic E-state index is 11.6. The fourth-order valence-corrected chi connectivity index (χ4v) is 1.51. The molecule has 0 saturated carbocycles. The third kappa shape index (κ3) is 5.86. The Morgan fingerprint density at radius 2 is 2.32 bits per heavy atom. The van der Waals surface area contributed by atoms with Crippen molar-refractivity contribution in [2.75, 3.05) is 18.5 Å². The normalized spacial score (nSPS) is 17.4. The van der Waals surface area contributed by atoms with E-state index in [4.69, 9.17) is 10.6 Å². The first-order valence-corrected chi connectivity index (χ1v) is 6.90. The first-order chi connectivity index (χ1) is 9.17. The number of dihydropyridines is 1. The summed E-state index contributed by atoms with van der Waals surface area (Å²) in [6.45, 7) is 0.731. The summed E-state index contributed by atoms with van der Waals surface area (Å²) in [5, 5.41) is 5.80. The molecule has 0 aromatic heterocycles. The van der Waals surface area contributed by atoms with Crippen molar-refractivity contribution in [3.05, 3.63) is 23.9 Å². The second-order valence-electron chi connectivity index (χ2n) is 3.74. The zero-order chi connectivity index (χ0) is 14.1. The Morgan fingerprint density at radius 3 is 2.89 bits per heavy atom. The summed E-state index contributed by atoms with van der Waals surface area (Å²) in [6, 6.07) is 0. The Hall–Kier alpha value is -1.38. The molecule has 0 aliphatic carbocycles. The molecule has 0 fully saturated rings. The molecule has 0 radical (unpaired) electrons. The van der Waals surface area contributed by atoms with E-state index in [9.17, 15) is 9.59 Å². The number of rotatable bonds is 7. The molecule has 0 bridgehead atoms. The molecule has 0 aromatic rings. The Bertz CT molecular complexity index is 384. The van der Waals surface area contributed by atoms with Gasteiger partial charge in [-0.15, -0.1) is 0 Å². The van der Waals surface area contributed by atoms with Crippen LogP contribution in [0.25, 0.3) is 0 Å². The van der Waals surface area contributed by atoms with Crippen molar-refractivity contribution in [1.82, 2.24) is 16.1 Å². The molecule has 5 N–H and O–H groups in total. The lowest BCUT2D eigenvalue weighted by atomic mass is 10.2. The highest BCUT2D eigenvalue weighted by molar-refractivity contribution is 9.09. The van der Waals surface area contributed by atoms with Gasteiger partial charge in [-0.25, -0.2) is 10.2 Å². The van der Waals surface area contributed by atoms with Crippen molar-refractivity contribution in [3.63, 3.8) is 0 Å². The minimum absolute atomic E-state index is 0.0891. The maximum absolute atomic E-state index is 11.6. The number of ether oxygens (including phenoxy) is 1. The van der Waals surface area contributed by atoms with Crippen LogP contribution < -0.4 is 21.9 Å². The number of nitrogens with one attached hydrogen (secondary N) is 3. The largest absolute Gasteiger partial charge is 0.462 e. The van der Waals surface area contributed by atoms with Crippen LogP contribution >= 0.6 is 15.9 Å². The van der Waals surface area contributed by atoms with E-state index in [1.807, 2.05) is 0 Å². The fourth-order valence-electron chi connectivity index (χ4n) is 1.31. The summed E-state index contributed by atoms with van der Waals surface area (Å²) in [4.78, 5) is 22.5. The summed E-state index contributed by atoms with van der Waals surface area (Å²) in [5.74, 6) is 4.73. The number of carbonyl (C=O) groups excluding carboxylic acids is 2. The summed E-state index contributed by atoms with van der Waals surface area (Å²) in [6.07, 6.45) is 5.28. The first-order valence-electron chi connectivity index (χ1n) is 5.77. The molecule has 1 heterocycles. The van der Waals surface area contributed by atoms with Gasteiger partial charge in [0.05, 0.1) is 17.5 Å². The smallest absolute Gasteiger partial charge is 0.339 e. The van der Waals surface area contributed by atoms with Crippen LogP contribution in [0.15, 0.2) is 23.9 Å². The topological polar surface area (TPSA) is 105 Å². The lowest BCUT2D eigenvalue weighted by Crippen LogP contribution is -2.43. The second-order valence-corrected chi connectivity index (χ2v) is 4.30. The van der Waals surface area contributed by atoms with Crippen LogP contribution in [0.4, 0.5) is 0 Å². The van der Waals surface area contributed by atoms with Crippen molar-refractivity contribution in [3.8, 4) is 0 Å². The zero-order valence-corrected chi connectivity index (χ0v) is 11.9. The van der Waals surface area contributed by atoms with Crippen LogP contribution in [-0.2, 0) is 14.3 Å². The summed E-state index contributed by atoms with van der Waals surface area (Å²) in [7, 11) is 0. The molecule has 1 rings (SSSR count). The SMILES string of the molecule is NNC1C=CC(C(=O)OCCCNC(=O)CBr)=CN1. The van der Waals surface area contributed by atoms with Crippen molar-refractivity contribution in [1.29, 1.82) is 0 Å². The lowest BCUT2D eigenvalue weighted by Gasteiger charge is -2.16. The average molecular weight is 333 g/mol. The van der Waals surface area contributed by atoms with E-state index in [0.717, 1.165) is 0 Å². The average Bonchev–Trinajstić information content (AvgIpc) is 2.46. The summed E-state index contributed by atoms with van der Waals surface area (Å²) < 4.78 is 5.05. The van der Waals surface area contributed by atoms with Gasteiger partial charge in [-0.3, -0.25) is 10.6 Å². The molecule has 19 heavy (non-hydrogen) atoms. The van der Waals surface area contributed by atoms with Gasteiger partial charge in [0, 0.05) is 12.7 Å². The van der Waals surface area contributed by atoms with E-state index >= 15 is 0 Å². The minimum atomic E-state index is -0.411. The number of hydrogen-bond donors (Lipinski definition) is 4. The molecule has 0 saturated heterocycles. The molecule has 1 aliphatic heterocycles. The molecular weight excluding hydrogens is 316 g/mol. The van der Waals surface area contributed by atoms with Crippen LogP contribution in [0.5, 0.6) is 0 Å².